The Morgan fingerprint density at radius 1 is 0.857 bits per heavy atom. The van der Waals surface area contributed by atoms with Crippen LogP contribution >= 0.6 is 0 Å². The smallest absolute Gasteiger partial charge is 0.227 e. The highest BCUT2D eigenvalue weighted by Gasteiger charge is 2.38. The van der Waals surface area contributed by atoms with Crippen molar-refractivity contribution in [2.45, 2.75) is 39.9 Å². The van der Waals surface area contributed by atoms with Crippen molar-refractivity contribution in [3.05, 3.63) is 60.8 Å². The molecule has 2 aromatic heterocycles. The minimum Gasteiger partial charge on any atom is -0.436 e. The standard InChI is InChI=1S/C24H25N3O/c1-15(2)16(3)26-17(4)27(21-12-6-5-11-20(21)26)22-13-7-9-18-19-10-8-14-25-24(19)28-23(18)22/h5-17H,1-4H3/t16?,17-/m0/s1. The van der Waals surface area contributed by atoms with Gasteiger partial charge in [0, 0.05) is 23.0 Å². The van der Waals surface area contributed by atoms with Gasteiger partial charge in [-0.15, -0.1) is 0 Å². The van der Waals surface area contributed by atoms with Gasteiger partial charge in [-0.2, -0.15) is 0 Å². The number of hydrogen-bond donors (Lipinski definition) is 0. The fourth-order valence-corrected chi connectivity index (χ4v) is 4.43. The molecule has 5 rings (SSSR count). The summed E-state index contributed by atoms with van der Waals surface area (Å²) in [5.41, 5.74) is 5.19. The lowest BCUT2D eigenvalue weighted by Crippen LogP contribution is -2.45. The Labute approximate surface area is 165 Å². The van der Waals surface area contributed by atoms with Crippen LogP contribution in [0.1, 0.15) is 27.7 Å². The summed E-state index contributed by atoms with van der Waals surface area (Å²) in [7, 11) is 0. The second-order valence-corrected chi connectivity index (χ2v) is 7.99. The van der Waals surface area contributed by atoms with Gasteiger partial charge in [0.25, 0.3) is 0 Å². The SMILES string of the molecule is CC(C)C(C)N1c2ccccc2N(c2cccc3c2oc2ncccc23)[C@H]1C. The van der Waals surface area contributed by atoms with E-state index in [4.69, 9.17) is 4.42 Å². The number of aromatic nitrogens is 1. The fourth-order valence-electron chi connectivity index (χ4n) is 4.43. The maximum Gasteiger partial charge on any atom is 0.227 e. The zero-order valence-electron chi connectivity index (χ0n) is 16.8. The van der Waals surface area contributed by atoms with Crippen molar-refractivity contribution >= 4 is 39.1 Å². The minimum absolute atomic E-state index is 0.196. The van der Waals surface area contributed by atoms with Crippen LogP contribution < -0.4 is 9.80 Å². The molecule has 1 unspecified atom stereocenters. The molecule has 2 aromatic carbocycles. The van der Waals surface area contributed by atoms with Gasteiger partial charge in [-0.3, -0.25) is 0 Å². The molecule has 2 atom stereocenters. The van der Waals surface area contributed by atoms with Crippen molar-refractivity contribution in [1.82, 2.24) is 4.98 Å². The highest BCUT2D eigenvalue weighted by atomic mass is 16.3. The summed E-state index contributed by atoms with van der Waals surface area (Å²) >= 11 is 0. The van der Waals surface area contributed by atoms with Crippen molar-refractivity contribution in [1.29, 1.82) is 0 Å². The first-order chi connectivity index (χ1) is 13.6. The number of nitrogens with zero attached hydrogens (tertiary/aromatic N) is 3. The summed E-state index contributed by atoms with van der Waals surface area (Å²) in [6.45, 7) is 9.16. The average Bonchev–Trinajstić information content (AvgIpc) is 3.22. The predicted molar refractivity (Wildman–Crippen MR) is 116 cm³/mol. The van der Waals surface area contributed by atoms with Crippen LogP contribution in [-0.2, 0) is 0 Å². The Hall–Kier alpha value is -3.01. The van der Waals surface area contributed by atoms with Crippen molar-refractivity contribution < 1.29 is 4.42 Å². The lowest BCUT2D eigenvalue weighted by Gasteiger charge is -2.36. The zero-order valence-corrected chi connectivity index (χ0v) is 16.8. The zero-order chi connectivity index (χ0) is 19.4. The summed E-state index contributed by atoms with van der Waals surface area (Å²) in [6, 6.07) is 19.5. The molecule has 4 nitrogen and oxygen atoms in total. The summed E-state index contributed by atoms with van der Waals surface area (Å²) in [6.07, 6.45) is 1.98. The predicted octanol–water partition coefficient (Wildman–Crippen LogP) is 6.33. The number of benzene rings is 2. The molecule has 1 aliphatic rings. The number of anilines is 3. The molecule has 0 N–H and O–H groups in total. The van der Waals surface area contributed by atoms with Gasteiger partial charge >= 0.3 is 0 Å². The molecule has 3 heterocycles. The van der Waals surface area contributed by atoms with E-state index in [2.05, 4.69) is 91.0 Å². The normalized spacial score (nSPS) is 17.7. The third-order valence-corrected chi connectivity index (χ3v) is 6.11. The Kier molecular flexibility index (Phi) is 3.83. The first kappa shape index (κ1) is 17.1. The maximum absolute atomic E-state index is 6.23. The van der Waals surface area contributed by atoms with Crippen LogP contribution in [-0.4, -0.2) is 17.2 Å². The van der Waals surface area contributed by atoms with Gasteiger partial charge in [0.15, 0.2) is 5.58 Å². The van der Waals surface area contributed by atoms with Crippen molar-refractivity contribution in [2.75, 3.05) is 9.80 Å². The van der Waals surface area contributed by atoms with Gasteiger partial charge in [-0.25, -0.2) is 4.98 Å². The van der Waals surface area contributed by atoms with Crippen LogP contribution in [0.5, 0.6) is 0 Å². The maximum atomic E-state index is 6.23. The van der Waals surface area contributed by atoms with Crippen LogP contribution in [0.4, 0.5) is 17.1 Å². The molecule has 4 aromatic rings. The number of rotatable bonds is 3. The lowest BCUT2D eigenvalue weighted by molar-refractivity contribution is 0.459. The molecule has 142 valence electrons. The fraction of sp³-hybridized carbons (Fsp3) is 0.292. The van der Waals surface area contributed by atoms with Gasteiger partial charge in [0.1, 0.15) is 6.17 Å². The van der Waals surface area contributed by atoms with Crippen LogP contribution in [0.2, 0.25) is 0 Å². The highest BCUT2D eigenvalue weighted by Crippen LogP contribution is 2.48. The third-order valence-electron chi connectivity index (χ3n) is 6.11. The summed E-state index contributed by atoms with van der Waals surface area (Å²) in [5.74, 6) is 0.557. The van der Waals surface area contributed by atoms with Gasteiger partial charge in [-0.05, 0) is 50.1 Å². The Bertz CT molecular complexity index is 1160. The molecule has 0 saturated carbocycles. The van der Waals surface area contributed by atoms with Gasteiger partial charge in [0.05, 0.1) is 17.1 Å². The summed E-state index contributed by atoms with van der Waals surface area (Å²) < 4.78 is 6.23. The van der Waals surface area contributed by atoms with Crippen molar-refractivity contribution in [2.24, 2.45) is 5.92 Å². The van der Waals surface area contributed by atoms with Crippen molar-refractivity contribution in [3.8, 4) is 0 Å². The number of pyridine rings is 1. The lowest BCUT2D eigenvalue weighted by atomic mass is 10.0. The molecule has 0 radical (unpaired) electrons. The number of hydrogen-bond acceptors (Lipinski definition) is 4. The molecule has 0 bridgehead atoms. The Morgan fingerprint density at radius 2 is 1.57 bits per heavy atom. The van der Waals surface area contributed by atoms with E-state index in [0.29, 0.717) is 17.7 Å². The molecular formula is C24H25N3O. The van der Waals surface area contributed by atoms with E-state index in [-0.39, 0.29) is 6.17 Å². The molecular weight excluding hydrogens is 346 g/mol. The monoisotopic (exact) mass is 371 g/mol. The number of para-hydroxylation sites is 3. The number of fused-ring (bicyclic) bond motifs is 4. The van der Waals surface area contributed by atoms with E-state index < -0.39 is 0 Å². The second kappa shape index (κ2) is 6.26. The quantitative estimate of drug-likeness (QED) is 0.421. The van der Waals surface area contributed by atoms with Crippen LogP contribution in [0, 0.1) is 5.92 Å². The first-order valence-electron chi connectivity index (χ1n) is 10.0. The van der Waals surface area contributed by atoms with Gasteiger partial charge in [0.2, 0.25) is 5.71 Å². The van der Waals surface area contributed by atoms with E-state index in [1.807, 2.05) is 6.07 Å². The number of furan rings is 1. The summed E-state index contributed by atoms with van der Waals surface area (Å²) in [5, 5.41) is 2.17. The molecule has 0 amide bonds. The van der Waals surface area contributed by atoms with Crippen LogP contribution in [0.15, 0.2) is 65.2 Å². The third kappa shape index (κ3) is 2.34. The second-order valence-electron chi connectivity index (χ2n) is 7.99. The van der Waals surface area contributed by atoms with E-state index in [1.54, 1.807) is 6.20 Å². The molecule has 0 saturated heterocycles. The van der Waals surface area contributed by atoms with E-state index in [0.717, 1.165) is 22.0 Å². The molecule has 1 aliphatic heterocycles. The molecule has 28 heavy (non-hydrogen) atoms. The molecule has 4 heteroatoms. The van der Waals surface area contributed by atoms with Gasteiger partial charge in [-0.1, -0.05) is 38.1 Å². The van der Waals surface area contributed by atoms with E-state index in [1.165, 1.54) is 11.4 Å². The largest absolute Gasteiger partial charge is 0.436 e. The Balaban J connectivity index is 1.73. The van der Waals surface area contributed by atoms with Crippen LogP contribution in [0.25, 0.3) is 22.1 Å². The average molecular weight is 371 g/mol. The Morgan fingerprint density at radius 3 is 2.36 bits per heavy atom. The topological polar surface area (TPSA) is 32.5 Å². The molecule has 0 fully saturated rings. The molecule has 0 aliphatic carbocycles. The minimum atomic E-state index is 0.196. The summed E-state index contributed by atoms with van der Waals surface area (Å²) in [4.78, 5) is 9.35. The van der Waals surface area contributed by atoms with E-state index in [9.17, 15) is 0 Å². The van der Waals surface area contributed by atoms with Gasteiger partial charge < -0.3 is 14.2 Å². The first-order valence-corrected chi connectivity index (χ1v) is 10.0. The van der Waals surface area contributed by atoms with Crippen molar-refractivity contribution in [3.63, 3.8) is 0 Å². The molecule has 0 spiro atoms. The highest BCUT2D eigenvalue weighted by molar-refractivity contribution is 6.09. The van der Waals surface area contributed by atoms with Crippen LogP contribution in [0.3, 0.4) is 0 Å². The van der Waals surface area contributed by atoms with E-state index >= 15 is 0 Å².